The summed E-state index contributed by atoms with van der Waals surface area (Å²) in [5.74, 6) is 0. The van der Waals surface area contributed by atoms with Crippen molar-refractivity contribution in [2.75, 3.05) is 0 Å². The van der Waals surface area contributed by atoms with E-state index in [9.17, 15) is 13.2 Å². The lowest BCUT2D eigenvalue weighted by atomic mass is 10.0. The van der Waals surface area contributed by atoms with Crippen molar-refractivity contribution in [2.24, 2.45) is 5.73 Å². The Balaban J connectivity index is 2.73. The van der Waals surface area contributed by atoms with Crippen molar-refractivity contribution in [3.8, 4) is 0 Å². The Morgan fingerprint density at radius 1 is 1.19 bits per heavy atom. The van der Waals surface area contributed by atoms with Crippen LogP contribution in [0.25, 0.3) is 0 Å². The van der Waals surface area contributed by atoms with Crippen LogP contribution in [0.5, 0.6) is 0 Å². The summed E-state index contributed by atoms with van der Waals surface area (Å²) in [5, 5.41) is 0.676. The molecule has 0 amide bonds. The molecule has 1 atom stereocenters. The molecule has 0 aliphatic carbocycles. The zero-order chi connectivity index (χ0) is 12.3. The minimum absolute atomic E-state index is 0.0119. The summed E-state index contributed by atoms with van der Waals surface area (Å²) in [6, 6.07) is 3.74. The molecule has 1 aromatic carbocycles. The number of hydrogen-bond donors (Lipinski definition) is 1. The van der Waals surface area contributed by atoms with Gasteiger partial charge in [0.15, 0.2) is 0 Å². The number of nitrogens with two attached hydrogens (primary N) is 1. The standard InChI is InChI=1S/C10H10Cl2F3N/c11-8-2-1-3-9(12)7(8)4-6(16)5-10(13,14)15/h1-3,6H,4-5,16H2. The minimum Gasteiger partial charge on any atom is -0.327 e. The van der Waals surface area contributed by atoms with Gasteiger partial charge < -0.3 is 5.73 Å². The first-order valence-electron chi connectivity index (χ1n) is 4.55. The third-order valence-electron chi connectivity index (χ3n) is 2.02. The highest BCUT2D eigenvalue weighted by molar-refractivity contribution is 6.35. The van der Waals surface area contributed by atoms with Gasteiger partial charge >= 0.3 is 6.18 Å². The zero-order valence-electron chi connectivity index (χ0n) is 8.19. The maximum Gasteiger partial charge on any atom is 0.390 e. The smallest absolute Gasteiger partial charge is 0.327 e. The third kappa shape index (κ3) is 4.20. The monoisotopic (exact) mass is 271 g/mol. The van der Waals surface area contributed by atoms with E-state index in [1.807, 2.05) is 0 Å². The molecule has 0 spiro atoms. The van der Waals surface area contributed by atoms with Crippen molar-refractivity contribution in [1.82, 2.24) is 0 Å². The first kappa shape index (κ1) is 13.6. The average Bonchev–Trinajstić information content (AvgIpc) is 2.08. The zero-order valence-corrected chi connectivity index (χ0v) is 9.70. The molecule has 0 saturated carbocycles. The van der Waals surface area contributed by atoms with Gasteiger partial charge in [0.25, 0.3) is 0 Å². The normalized spacial score (nSPS) is 13.9. The van der Waals surface area contributed by atoms with Crippen molar-refractivity contribution < 1.29 is 13.2 Å². The van der Waals surface area contributed by atoms with Crippen molar-refractivity contribution in [2.45, 2.75) is 25.1 Å². The van der Waals surface area contributed by atoms with Crippen LogP contribution in [-0.4, -0.2) is 12.2 Å². The largest absolute Gasteiger partial charge is 0.390 e. The number of benzene rings is 1. The topological polar surface area (TPSA) is 26.0 Å². The van der Waals surface area contributed by atoms with Gasteiger partial charge in [-0.1, -0.05) is 29.3 Å². The fraction of sp³-hybridized carbons (Fsp3) is 0.400. The second-order valence-corrected chi connectivity index (χ2v) is 4.30. The summed E-state index contributed by atoms with van der Waals surface area (Å²) >= 11 is 11.6. The Morgan fingerprint density at radius 3 is 2.12 bits per heavy atom. The molecule has 0 aliphatic rings. The number of rotatable bonds is 3. The maximum absolute atomic E-state index is 12.1. The Labute approximate surface area is 101 Å². The molecule has 1 nitrogen and oxygen atoms in total. The minimum atomic E-state index is -4.27. The molecule has 0 bridgehead atoms. The van der Waals surface area contributed by atoms with Crippen molar-refractivity contribution >= 4 is 23.2 Å². The maximum atomic E-state index is 12.1. The van der Waals surface area contributed by atoms with Gasteiger partial charge in [0.2, 0.25) is 0 Å². The Hall–Kier alpha value is -0.450. The molecule has 0 saturated heterocycles. The SMILES string of the molecule is NC(Cc1c(Cl)cccc1Cl)CC(F)(F)F. The van der Waals surface area contributed by atoms with Crippen LogP contribution in [0.2, 0.25) is 10.0 Å². The van der Waals surface area contributed by atoms with E-state index in [1.165, 1.54) is 0 Å². The fourth-order valence-corrected chi connectivity index (χ4v) is 1.91. The second kappa shape index (κ2) is 5.25. The van der Waals surface area contributed by atoms with E-state index in [0.29, 0.717) is 15.6 Å². The lowest BCUT2D eigenvalue weighted by Crippen LogP contribution is -2.29. The fourth-order valence-electron chi connectivity index (χ4n) is 1.36. The number of halogens is 5. The predicted molar refractivity (Wildman–Crippen MR) is 58.8 cm³/mol. The molecular formula is C10H10Cl2F3N. The molecule has 0 fully saturated rings. The summed E-state index contributed by atoms with van der Waals surface area (Å²) in [6.07, 6.45) is -5.31. The van der Waals surface area contributed by atoms with Gasteiger partial charge in [-0.15, -0.1) is 0 Å². The van der Waals surface area contributed by atoms with E-state index in [1.54, 1.807) is 18.2 Å². The predicted octanol–water partition coefficient (Wildman–Crippen LogP) is 3.82. The molecule has 0 heterocycles. The van der Waals surface area contributed by atoms with Crippen LogP contribution in [0.3, 0.4) is 0 Å². The van der Waals surface area contributed by atoms with Gasteiger partial charge in [0, 0.05) is 16.1 Å². The van der Waals surface area contributed by atoms with Crippen LogP contribution in [0.4, 0.5) is 13.2 Å². The van der Waals surface area contributed by atoms with E-state index in [0.717, 1.165) is 0 Å². The van der Waals surface area contributed by atoms with Crippen molar-refractivity contribution in [3.05, 3.63) is 33.8 Å². The molecule has 16 heavy (non-hydrogen) atoms. The van der Waals surface area contributed by atoms with Crippen LogP contribution in [0.1, 0.15) is 12.0 Å². The molecule has 0 aromatic heterocycles. The van der Waals surface area contributed by atoms with Crippen LogP contribution in [0, 0.1) is 0 Å². The van der Waals surface area contributed by atoms with Crippen LogP contribution < -0.4 is 5.73 Å². The first-order valence-corrected chi connectivity index (χ1v) is 5.30. The molecule has 1 aromatic rings. The van der Waals surface area contributed by atoms with Gasteiger partial charge in [-0.25, -0.2) is 0 Å². The molecule has 1 unspecified atom stereocenters. The molecule has 2 N–H and O–H groups in total. The summed E-state index contributed by atoms with van der Waals surface area (Å²) < 4.78 is 36.2. The third-order valence-corrected chi connectivity index (χ3v) is 2.73. The number of alkyl halides is 3. The molecular weight excluding hydrogens is 262 g/mol. The van der Waals surface area contributed by atoms with Crippen LogP contribution in [0.15, 0.2) is 18.2 Å². The van der Waals surface area contributed by atoms with E-state index in [2.05, 4.69) is 0 Å². The summed E-state index contributed by atoms with van der Waals surface area (Å²) in [7, 11) is 0. The summed E-state index contributed by atoms with van der Waals surface area (Å²) in [6.45, 7) is 0. The van der Waals surface area contributed by atoms with Gasteiger partial charge in [-0.05, 0) is 24.1 Å². The van der Waals surface area contributed by atoms with Crippen molar-refractivity contribution in [3.63, 3.8) is 0 Å². The van der Waals surface area contributed by atoms with E-state index >= 15 is 0 Å². The van der Waals surface area contributed by atoms with Gasteiger partial charge in [-0.2, -0.15) is 13.2 Å². The molecule has 0 aliphatic heterocycles. The second-order valence-electron chi connectivity index (χ2n) is 3.48. The van der Waals surface area contributed by atoms with Crippen molar-refractivity contribution in [1.29, 1.82) is 0 Å². The highest BCUT2D eigenvalue weighted by Crippen LogP contribution is 2.28. The molecule has 6 heteroatoms. The van der Waals surface area contributed by atoms with Gasteiger partial charge in [-0.3, -0.25) is 0 Å². The van der Waals surface area contributed by atoms with E-state index in [4.69, 9.17) is 28.9 Å². The molecule has 0 radical (unpaired) electrons. The van der Waals surface area contributed by atoms with Gasteiger partial charge in [0.1, 0.15) is 0 Å². The Kier molecular flexibility index (Phi) is 4.47. The van der Waals surface area contributed by atoms with E-state index < -0.39 is 18.6 Å². The quantitative estimate of drug-likeness (QED) is 0.889. The number of hydrogen-bond acceptors (Lipinski definition) is 1. The lowest BCUT2D eigenvalue weighted by Gasteiger charge is -2.15. The van der Waals surface area contributed by atoms with E-state index in [-0.39, 0.29) is 6.42 Å². The highest BCUT2D eigenvalue weighted by atomic mass is 35.5. The van der Waals surface area contributed by atoms with Crippen LogP contribution in [-0.2, 0) is 6.42 Å². The average molecular weight is 272 g/mol. The summed E-state index contributed by atoms with van der Waals surface area (Å²) in [5.41, 5.74) is 5.85. The van der Waals surface area contributed by atoms with Crippen LogP contribution >= 0.6 is 23.2 Å². The lowest BCUT2D eigenvalue weighted by molar-refractivity contribution is -0.138. The molecule has 90 valence electrons. The summed E-state index contributed by atoms with van der Waals surface area (Å²) in [4.78, 5) is 0. The first-order chi connectivity index (χ1) is 7.29. The highest BCUT2D eigenvalue weighted by Gasteiger charge is 2.30. The van der Waals surface area contributed by atoms with Gasteiger partial charge in [0.05, 0.1) is 6.42 Å². The molecule has 1 rings (SSSR count). The Bertz CT molecular complexity index is 345. The Morgan fingerprint density at radius 2 is 1.69 bits per heavy atom.